The fraction of sp³-hybridized carbons (Fsp3) is 0.0667. The molecule has 0 saturated carbocycles. The number of rotatable bonds is 2. The van der Waals surface area contributed by atoms with Gasteiger partial charge in [0.2, 0.25) is 0 Å². The van der Waals surface area contributed by atoms with Crippen molar-refractivity contribution in [2.45, 2.75) is 0 Å². The molecular formula is C15H12N2O3S. The van der Waals surface area contributed by atoms with E-state index in [4.69, 9.17) is 10.4 Å². The van der Waals surface area contributed by atoms with E-state index in [9.17, 15) is 9.90 Å². The van der Waals surface area contributed by atoms with E-state index in [1.165, 1.54) is 17.4 Å². The Labute approximate surface area is 124 Å². The number of nitrogens with zero attached hydrogens (tertiary/aromatic N) is 2. The lowest BCUT2D eigenvalue weighted by Crippen LogP contribution is -1.92. The van der Waals surface area contributed by atoms with Crippen LogP contribution in [0, 0.1) is 11.3 Å². The van der Waals surface area contributed by atoms with Crippen molar-refractivity contribution < 1.29 is 15.0 Å². The van der Waals surface area contributed by atoms with Crippen LogP contribution >= 0.6 is 11.3 Å². The normalized spacial score (nSPS) is 9.76. The van der Waals surface area contributed by atoms with Crippen molar-refractivity contribution in [3.8, 4) is 17.5 Å². The quantitative estimate of drug-likeness (QED) is 0.712. The summed E-state index contributed by atoms with van der Waals surface area (Å²) in [6.07, 6.45) is 2.34. The Balaban J connectivity index is 0.000000774. The van der Waals surface area contributed by atoms with Gasteiger partial charge in [0.15, 0.2) is 6.29 Å². The van der Waals surface area contributed by atoms with Gasteiger partial charge in [0.05, 0.1) is 16.6 Å². The Morgan fingerprint density at radius 3 is 2.71 bits per heavy atom. The molecule has 0 aliphatic carbocycles. The summed E-state index contributed by atoms with van der Waals surface area (Å²) >= 11 is 1.52. The maximum Gasteiger partial charge on any atom is 0.153 e. The maximum absolute atomic E-state index is 10.7. The van der Waals surface area contributed by atoms with Gasteiger partial charge in [-0.1, -0.05) is 0 Å². The Bertz CT molecular complexity index is 827. The molecular weight excluding hydrogens is 288 g/mol. The first kappa shape index (κ1) is 14.8. The number of carbonyl (C=O) groups excluding carboxylic acids is 1. The average Bonchev–Trinajstić information content (AvgIpc) is 3.11. The molecule has 0 amide bonds. The molecule has 0 aliphatic rings. The molecule has 3 aromatic rings. The minimum Gasteiger partial charge on any atom is -0.507 e. The first-order valence-corrected chi connectivity index (χ1v) is 6.89. The van der Waals surface area contributed by atoms with Gasteiger partial charge in [-0.05, 0) is 12.1 Å². The van der Waals surface area contributed by atoms with E-state index in [-0.39, 0.29) is 11.3 Å². The molecule has 1 aromatic carbocycles. The summed E-state index contributed by atoms with van der Waals surface area (Å²) in [4.78, 5) is 10.7. The highest BCUT2D eigenvalue weighted by atomic mass is 32.1. The number of phenols is 1. The van der Waals surface area contributed by atoms with Crippen molar-refractivity contribution in [1.29, 1.82) is 5.26 Å². The van der Waals surface area contributed by atoms with Crippen molar-refractivity contribution >= 4 is 28.5 Å². The third-order valence-electron chi connectivity index (χ3n) is 2.99. The van der Waals surface area contributed by atoms with Gasteiger partial charge in [-0.2, -0.15) is 5.26 Å². The Morgan fingerprint density at radius 1 is 1.33 bits per heavy atom. The van der Waals surface area contributed by atoms with Gasteiger partial charge in [0.25, 0.3) is 0 Å². The lowest BCUT2D eigenvalue weighted by molar-refractivity contribution is 0.112. The van der Waals surface area contributed by atoms with Crippen LogP contribution in [0.25, 0.3) is 16.6 Å². The Kier molecular flexibility index (Phi) is 4.38. The molecule has 0 atom stereocenters. The second-order valence-corrected chi connectivity index (χ2v) is 4.80. The number of aromatic hydroxyl groups is 1. The van der Waals surface area contributed by atoms with Crippen LogP contribution < -0.4 is 0 Å². The number of aromatic nitrogens is 1. The number of benzene rings is 1. The summed E-state index contributed by atoms with van der Waals surface area (Å²) in [5, 5.41) is 30.6. The highest BCUT2D eigenvalue weighted by Gasteiger charge is 2.11. The van der Waals surface area contributed by atoms with Crippen LogP contribution in [0.1, 0.15) is 15.9 Å². The zero-order chi connectivity index (χ0) is 15.4. The molecule has 106 valence electrons. The fourth-order valence-electron chi connectivity index (χ4n) is 2.03. The van der Waals surface area contributed by atoms with E-state index in [2.05, 4.69) is 6.07 Å². The van der Waals surface area contributed by atoms with Gasteiger partial charge < -0.3 is 14.8 Å². The second kappa shape index (κ2) is 6.22. The number of aliphatic hydroxyl groups excluding tert-OH is 1. The van der Waals surface area contributed by atoms with Crippen molar-refractivity contribution in [3.05, 3.63) is 46.3 Å². The first-order chi connectivity index (χ1) is 10.2. The number of hydrogen-bond donors (Lipinski definition) is 2. The van der Waals surface area contributed by atoms with Crippen LogP contribution in [-0.4, -0.2) is 28.2 Å². The van der Waals surface area contributed by atoms with E-state index < -0.39 is 0 Å². The summed E-state index contributed by atoms with van der Waals surface area (Å²) in [6, 6.07) is 6.96. The minimum absolute atomic E-state index is 0.0666. The molecule has 0 aliphatic heterocycles. The predicted molar refractivity (Wildman–Crippen MR) is 81.1 cm³/mol. The van der Waals surface area contributed by atoms with Crippen LogP contribution in [0.2, 0.25) is 0 Å². The lowest BCUT2D eigenvalue weighted by atomic mass is 10.2. The van der Waals surface area contributed by atoms with E-state index >= 15 is 0 Å². The molecule has 0 bridgehead atoms. The summed E-state index contributed by atoms with van der Waals surface area (Å²) in [5.41, 5.74) is 2.47. The first-order valence-electron chi connectivity index (χ1n) is 5.95. The smallest absolute Gasteiger partial charge is 0.153 e. The number of phenolic OH excluding ortho intramolecular Hbond substituents is 1. The zero-order valence-corrected chi connectivity index (χ0v) is 12.0. The second-order valence-electron chi connectivity index (χ2n) is 4.06. The number of aldehydes is 1. The molecule has 0 spiro atoms. The van der Waals surface area contributed by atoms with Gasteiger partial charge in [-0.15, -0.1) is 11.3 Å². The van der Waals surface area contributed by atoms with Crippen molar-refractivity contribution in [3.63, 3.8) is 0 Å². The molecule has 2 heterocycles. The van der Waals surface area contributed by atoms with Crippen LogP contribution in [0.15, 0.2) is 35.2 Å². The Morgan fingerprint density at radius 2 is 2.10 bits per heavy atom. The van der Waals surface area contributed by atoms with Gasteiger partial charge in [0, 0.05) is 41.2 Å². The largest absolute Gasteiger partial charge is 0.507 e. The van der Waals surface area contributed by atoms with Crippen LogP contribution in [-0.2, 0) is 0 Å². The standard InChI is InChI=1S/C14H8N2O2S.CH4O/c15-4-10-5-16(13-8-19-7-12(10)13)11-2-1-9(6-17)14(18)3-11;1-2/h1-3,5-8,18H;2H,1H3. The minimum atomic E-state index is -0.0666. The molecule has 0 fully saturated rings. The Hall–Kier alpha value is -2.62. The van der Waals surface area contributed by atoms with E-state index in [1.807, 2.05) is 15.3 Å². The third kappa shape index (κ3) is 2.52. The van der Waals surface area contributed by atoms with Gasteiger partial charge >= 0.3 is 0 Å². The highest BCUT2D eigenvalue weighted by Crippen LogP contribution is 2.29. The fourth-order valence-corrected chi connectivity index (χ4v) is 2.85. The molecule has 21 heavy (non-hydrogen) atoms. The number of nitriles is 1. The molecule has 0 unspecified atom stereocenters. The van der Waals surface area contributed by atoms with E-state index in [0.29, 0.717) is 17.5 Å². The molecule has 2 aromatic heterocycles. The summed E-state index contributed by atoms with van der Waals surface area (Å²) < 4.78 is 1.83. The number of aliphatic hydroxyl groups is 1. The van der Waals surface area contributed by atoms with E-state index in [0.717, 1.165) is 18.0 Å². The van der Waals surface area contributed by atoms with Crippen LogP contribution in [0.4, 0.5) is 0 Å². The molecule has 5 nitrogen and oxygen atoms in total. The average molecular weight is 300 g/mol. The number of fused-ring (bicyclic) bond motifs is 1. The summed E-state index contributed by atoms with van der Waals surface area (Å²) in [6.45, 7) is 0. The number of hydrogen-bond acceptors (Lipinski definition) is 5. The third-order valence-corrected chi connectivity index (χ3v) is 3.72. The van der Waals surface area contributed by atoms with Crippen LogP contribution in [0.3, 0.4) is 0 Å². The topological polar surface area (TPSA) is 86.2 Å². The lowest BCUT2D eigenvalue weighted by Gasteiger charge is -2.05. The number of thiophene rings is 1. The number of carbonyl (C=O) groups is 1. The molecule has 2 N–H and O–H groups in total. The molecule has 6 heteroatoms. The molecule has 0 saturated heterocycles. The summed E-state index contributed by atoms with van der Waals surface area (Å²) in [5.74, 6) is -0.0666. The zero-order valence-electron chi connectivity index (χ0n) is 11.1. The molecule has 0 radical (unpaired) electrons. The SMILES string of the molecule is CO.N#Cc1cn(-c2ccc(C=O)c(O)c2)c2cscc12. The monoisotopic (exact) mass is 300 g/mol. The van der Waals surface area contributed by atoms with E-state index in [1.54, 1.807) is 18.3 Å². The molecule has 3 rings (SSSR count). The van der Waals surface area contributed by atoms with Crippen LogP contribution in [0.5, 0.6) is 5.75 Å². The van der Waals surface area contributed by atoms with Gasteiger partial charge in [0.1, 0.15) is 11.8 Å². The summed E-state index contributed by atoms with van der Waals surface area (Å²) in [7, 11) is 1.00. The van der Waals surface area contributed by atoms with Crippen molar-refractivity contribution in [2.24, 2.45) is 0 Å². The predicted octanol–water partition coefficient (Wildman–Crippen LogP) is 2.69. The van der Waals surface area contributed by atoms with Crippen molar-refractivity contribution in [1.82, 2.24) is 4.57 Å². The highest BCUT2D eigenvalue weighted by molar-refractivity contribution is 7.09. The van der Waals surface area contributed by atoms with Gasteiger partial charge in [-0.25, -0.2) is 0 Å². The van der Waals surface area contributed by atoms with Gasteiger partial charge in [-0.3, -0.25) is 4.79 Å². The van der Waals surface area contributed by atoms with Crippen molar-refractivity contribution in [2.75, 3.05) is 7.11 Å². The maximum atomic E-state index is 10.7.